The lowest BCUT2D eigenvalue weighted by atomic mass is 10.0. The van der Waals surface area contributed by atoms with Gasteiger partial charge in [-0.2, -0.15) is 8.42 Å². The van der Waals surface area contributed by atoms with Gasteiger partial charge in [0.15, 0.2) is 0 Å². The smallest absolute Gasteiger partial charge is 0.339 e. The monoisotopic (exact) mass is 360 g/mol. The first-order chi connectivity index (χ1) is 11.8. The number of hydrogen-bond donors (Lipinski definition) is 0. The van der Waals surface area contributed by atoms with E-state index in [-0.39, 0.29) is 16.4 Å². The van der Waals surface area contributed by atoms with Gasteiger partial charge in [0.1, 0.15) is 16.4 Å². The third-order valence-corrected chi connectivity index (χ3v) is 5.01. The molecule has 5 heteroatoms. The van der Waals surface area contributed by atoms with Crippen LogP contribution in [0.1, 0.15) is 38.3 Å². The second kappa shape index (κ2) is 8.30. The Kier molecular flexibility index (Phi) is 6.37. The number of hydrogen-bond acceptors (Lipinski definition) is 4. The summed E-state index contributed by atoms with van der Waals surface area (Å²) >= 11 is 0. The van der Waals surface area contributed by atoms with Crippen molar-refractivity contribution in [2.45, 2.75) is 44.9 Å². The van der Waals surface area contributed by atoms with Gasteiger partial charge in [0.25, 0.3) is 0 Å². The second-order valence-electron chi connectivity index (χ2n) is 6.63. The summed E-state index contributed by atoms with van der Waals surface area (Å²) < 4.78 is 29.9. The normalized spacial score (nSPS) is 11.5. The van der Waals surface area contributed by atoms with E-state index in [0.29, 0.717) is 18.8 Å². The number of aryl methyl sites for hydroxylation is 1. The number of carbonyl (C=O) groups is 1. The van der Waals surface area contributed by atoms with Gasteiger partial charge in [0, 0.05) is 6.42 Å². The Bertz CT molecular complexity index is 804. The Morgan fingerprint density at radius 3 is 2.04 bits per heavy atom. The van der Waals surface area contributed by atoms with E-state index in [1.807, 2.05) is 12.1 Å². The van der Waals surface area contributed by atoms with E-state index in [1.165, 1.54) is 0 Å². The minimum absolute atomic E-state index is 0.129. The molecule has 0 amide bonds. The molecule has 2 aromatic rings. The third-order valence-electron chi connectivity index (χ3n) is 3.75. The Morgan fingerprint density at radius 1 is 0.960 bits per heavy atom. The lowest BCUT2D eigenvalue weighted by molar-refractivity contribution is -0.116. The predicted molar refractivity (Wildman–Crippen MR) is 98.2 cm³/mol. The lowest BCUT2D eigenvalue weighted by Gasteiger charge is -2.09. The molecule has 0 saturated heterocycles. The third kappa shape index (κ3) is 6.02. The molecule has 0 unspecified atom stereocenters. The summed E-state index contributed by atoms with van der Waals surface area (Å²) in [6.07, 6.45) is 2.02. The van der Waals surface area contributed by atoms with E-state index in [0.717, 1.165) is 17.5 Å². The highest BCUT2D eigenvalue weighted by Crippen LogP contribution is 2.21. The van der Waals surface area contributed by atoms with Gasteiger partial charge in [-0.05, 0) is 61.1 Å². The van der Waals surface area contributed by atoms with Crippen LogP contribution in [-0.4, -0.2) is 14.2 Å². The molecule has 0 saturated carbocycles. The fourth-order valence-corrected chi connectivity index (χ4v) is 3.40. The number of carbonyl (C=O) groups excluding carboxylic acids is 1. The molecule has 4 nitrogen and oxygen atoms in total. The van der Waals surface area contributed by atoms with Gasteiger partial charge in [-0.15, -0.1) is 0 Å². The molecule has 0 heterocycles. The molecular formula is C20H24O4S. The largest absolute Gasteiger partial charge is 0.379 e. The zero-order chi connectivity index (χ0) is 18.4. The minimum Gasteiger partial charge on any atom is -0.379 e. The minimum atomic E-state index is -3.85. The maximum Gasteiger partial charge on any atom is 0.339 e. The summed E-state index contributed by atoms with van der Waals surface area (Å²) in [6, 6.07) is 13.6. The maximum absolute atomic E-state index is 12.4. The molecule has 0 aliphatic rings. The van der Waals surface area contributed by atoms with Crippen LogP contribution in [-0.2, 0) is 27.8 Å². The molecule has 2 rings (SSSR count). The first kappa shape index (κ1) is 19.2. The number of rotatable bonds is 8. The molecule has 0 fully saturated rings. The van der Waals surface area contributed by atoms with Gasteiger partial charge in [-0.1, -0.05) is 38.1 Å². The van der Waals surface area contributed by atoms with Crippen molar-refractivity contribution in [3.05, 3.63) is 59.7 Å². The van der Waals surface area contributed by atoms with E-state index in [2.05, 4.69) is 13.8 Å². The number of ketones is 1. The van der Waals surface area contributed by atoms with Crippen LogP contribution < -0.4 is 4.18 Å². The van der Waals surface area contributed by atoms with Crippen LogP contribution in [0.2, 0.25) is 0 Å². The van der Waals surface area contributed by atoms with Gasteiger partial charge >= 0.3 is 10.1 Å². The van der Waals surface area contributed by atoms with Crippen LogP contribution in [0.15, 0.2) is 53.4 Å². The Balaban J connectivity index is 2.06. The van der Waals surface area contributed by atoms with Gasteiger partial charge in [-0.3, -0.25) is 0 Å². The van der Waals surface area contributed by atoms with Crippen molar-refractivity contribution >= 4 is 15.9 Å². The van der Waals surface area contributed by atoms with E-state index in [1.54, 1.807) is 43.3 Å². The fraction of sp³-hybridized carbons (Fsp3) is 0.350. The molecule has 0 atom stereocenters. The highest BCUT2D eigenvalue weighted by molar-refractivity contribution is 7.87. The molecule has 0 bridgehead atoms. The summed E-state index contributed by atoms with van der Waals surface area (Å²) in [5.74, 6) is 0.905. The van der Waals surface area contributed by atoms with Crippen LogP contribution in [0.5, 0.6) is 5.75 Å². The van der Waals surface area contributed by atoms with Crippen molar-refractivity contribution in [3.8, 4) is 5.75 Å². The molecule has 0 aliphatic heterocycles. The van der Waals surface area contributed by atoms with E-state index >= 15 is 0 Å². The van der Waals surface area contributed by atoms with Crippen LogP contribution >= 0.6 is 0 Å². The second-order valence-corrected chi connectivity index (χ2v) is 8.17. The highest BCUT2D eigenvalue weighted by Gasteiger charge is 2.16. The molecule has 0 N–H and O–H groups in total. The van der Waals surface area contributed by atoms with Crippen molar-refractivity contribution in [2.75, 3.05) is 0 Å². The molecular weight excluding hydrogens is 336 g/mol. The Labute approximate surface area is 150 Å². The first-order valence-corrected chi connectivity index (χ1v) is 9.79. The molecule has 134 valence electrons. The lowest BCUT2D eigenvalue weighted by Crippen LogP contribution is -2.10. The predicted octanol–water partition coefficient (Wildman–Crippen LogP) is 4.17. The van der Waals surface area contributed by atoms with Crippen molar-refractivity contribution in [2.24, 2.45) is 5.92 Å². The zero-order valence-corrected chi connectivity index (χ0v) is 15.7. The number of Topliss-reactive ketones (excluding diaryl/α,β-unsaturated/α-hetero) is 1. The summed E-state index contributed by atoms with van der Waals surface area (Å²) in [6.45, 7) is 5.79. The van der Waals surface area contributed by atoms with Gasteiger partial charge in [0.05, 0.1) is 0 Å². The molecule has 0 spiro atoms. The van der Waals surface area contributed by atoms with Crippen LogP contribution in [0.3, 0.4) is 0 Å². The molecule has 0 radical (unpaired) electrons. The van der Waals surface area contributed by atoms with E-state index in [4.69, 9.17) is 4.18 Å². The molecule has 2 aromatic carbocycles. The van der Waals surface area contributed by atoms with Crippen molar-refractivity contribution in [3.63, 3.8) is 0 Å². The van der Waals surface area contributed by atoms with Crippen molar-refractivity contribution in [1.82, 2.24) is 0 Å². The fourth-order valence-electron chi connectivity index (χ4n) is 2.47. The Morgan fingerprint density at radius 2 is 1.52 bits per heavy atom. The summed E-state index contributed by atoms with van der Waals surface area (Å²) in [4.78, 5) is 11.1. The summed E-state index contributed by atoms with van der Waals surface area (Å²) in [5.41, 5.74) is 2.07. The van der Waals surface area contributed by atoms with Gasteiger partial charge in [0.2, 0.25) is 0 Å². The summed E-state index contributed by atoms with van der Waals surface area (Å²) in [5, 5.41) is 0. The zero-order valence-electron chi connectivity index (χ0n) is 14.9. The molecule has 0 aliphatic carbocycles. The average Bonchev–Trinajstić information content (AvgIpc) is 2.54. The van der Waals surface area contributed by atoms with Gasteiger partial charge in [-0.25, -0.2) is 0 Å². The standard InChI is InChI=1S/C20H24O4S/c1-15(2)14-18-8-12-20(13-9-18)25(22,23)24-19-10-6-17(7-11-19)5-4-16(3)21/h6-13,15H,4-5,14H2,1-3H3. The van der Waals surface area contributed by atoms with Crippen molar-refractivity contribution < 1.29 is 17.4 Å². The molecule has 0 aromatic heterocycles. The quantitative estimate of drug-likeness (QED) is 0.663. The maximum atomic E-state index is 12.4. The Hall–Kier alpha value is -2.14. The average molecular weight is 360 g/mol. The summed E-state index contributed by atoms with van der Waals surface area (Å²) in [7, 11) is -3.85. The highest BCUT2D eigenvalue weighted by atomic mass is 32.2. The number of benzene rings is 2. The first-order valence-electron chi connectivity index (χ1n) is 8.38. The topological polar surface area (TPSA) is 60.4 Å². The van der Waals surface area contributed by atoms with Crippen LogP contribution in [0.4, 0.5) is 0 Å². The van der Waals surface area contributed by atoms with E-state index in [9.17, 15) is 13.2 Å². The van der Waals surface area contributed by atoms with Gasteiger partial charge < -0.3 is 8.98 Å². The van der Waals surface area contributed by atoms with Crippen molar-refractivity contribution in [1.29, 1.82) is 0 Å². The van der Waals surface area contributed by atoms with Crippen LogP contribution in [0.25, 0.3) is 0 Å². The van der Waals surface area contributed by atoms with E-state index < -0.39 is 10.1 Å². The van der Waals surface area contributed by atoms with Crippen LogP contribution in [0, 0.1) is 5.92 Å². The molecule has 25 heavy (non-hydrogen) atoms. The SMILES string of the molecule is CC(=O)CCc1ccc(OS(=O)(=O)c2ccc(CC(C)C)cc2)cc1.